The first-order valence-corrected chi connectivity index (χ1v) is 11.5. The number of hydrazone groups is 1. The monoisotopic (exact) mass is 537 g/mol. The maximum atomic E-state index is 12.5. The van der Waals surface area contributed by atoms with E-state index >= 15 is 0 Å². The summed E-state index contributed by atoms with van der Waals surface area (Å²) in [6, 6.07) is 19.0. The molecule has 0 spiro atoms. The topological polar surface area (TPSA) is 106 Å². The molecule has 0 atom stereocenters. The lowest BCUT2D eigenvalue weighted by molar-refractivity contribution is -0.136. The minimum absolute atomic E-state index is 0.225. The fourth-order valence-corrected chi connectivity index (χ4v) is 3.58. The Morgan fingerprint density at radius 1 is 0.943 bits per heavy atom. The van der Waals surface area contributed by atoms with E-state index < -0.39 is 17.8 Å². The Labute approximate surface area is 211 Å². The van der Waals surface area contributed by atoms with Gasteiger partial charge in [-0.3, -0.25) is 9.59 Å². The first-order chi connectivity index (χ1) is 16.8. The molecule has 3 aromatic carbocycles. The van der Waals surface area contributed by atoms with Crippen LogP contribution in [0.3, 0.4) is 0 Å². The summed E-state index contributed by atoms with van der Waals surface area (Å²) in [5.41, 5.74) is 5.14. The van der Waals surface area contributed by atoms with Crippen LogP contribution >= 0.6 is 15.9 Å². The molecule has 3 rings (SSSR count). The Balaban J connectivity index is 1.68. The van der Waals surface area contributed by atoms with Gasteiger partial charge < -0.3 is 14.8 Å². The van der Waals surface area contributed by atoms with Crippen LogP contribution in [0.25, 0.3) is 0 Å². The number of rotatable bonds is 7. The van der Waals surface area contributed by atoms with Gasteiger partial charge in [-0.2, -0.15) is 5.10 Å². The van der Waals surface area contributed by atoms with Crippen LogP contribution in [0, 0.1) is 0 Å². The van der Waals surface area contributed by atoms with Gasteiger partial charge in [-0.15, -0.1) is 0 Å². The van der Waals surface area contributed by atoms with Crippen LogP contribution in [0.15, 0.2) is 76.3 Å². The van der Waals surface area contributed by atoms with Gasteiger partial charge in [0.1, 0.15) is 0 Å². The fourth-order valence-electron chi connectivity index (χ4n) is 3.14. The second-order valence-corrected chi connectivity index (χ2v) is 8.19. The summed E-state index contributed by atoms with van der Waals surface area (Å²) >= 11 is 3.33. The van der Waals surface area contributed by atoms with E-state index in [1.54, 1.807) is 61.5 Å². The normalized spacial score (nSPS) is 10.9. The van der Waals surface area contributed by atoms with Crippen LogP contribution in [0.5, 0.6) is 11.5 Å². The van der Waals surface area contributed by atoms with Crippen LogP contribution < -0.4 is 20.2 Å². The molecule has 2 N–H and O–H groups in total. The standard InChI is InChI=1S/C26H24BrN3O5/c1-4-17-9-5-8-12-21(17)28-24(31)25(32)30-29-16(2)18-13-14-22(23(15-18)34-3)35-26(33)19-10-6-7-11-20(19)27/h5-15H,4H2,1-3H3,(H,28,31)(H,30,32)/b29-16+. The van der Waals surface area contributed by atoms with E-state index in [4.69, 9.17) is 9.47 Å². The molecule has 0 fully saturated rings. The average molecular weight is 538 g/mol. The third-order valence-corrected chi connectivity index (χ3v) is 5.75. The minimum atomic E-state index is -0.902. The number of para-hydroxylation sites is 1. The third kappa shape index (κ3) is 6.54. The molecule has 0 aliphatic carbocycles. The molecular formula is C26H24BrN3O5. The lowest BCUT2D eigenvalue weighted by Gasteiger charge is -2.12. The number of nitrogens with one attached hydrogen (secondary N) is 2. The van der Waals surface area contributed by atoms with E-state index in [1.165, 1.54) is 7.11 Å². The van der Waals surface area contributed by atoms with Crippen LogP contribution in [-0.4, -0.2) is 30.6 Å². The number of methoxy groups -OCH3 is 1. The molecule has 9 heteroatoms. The van der Waals surface area contributed by atoms with Gasteiger partial charge in [-0.05, 0) is 71.2 Å². The molecular weight excluding hydrogens is 514 g/mol. The Hall–Kier alpha value is -3.98. The van der Waals surface area contributed by atoms with Gasteiger partial charge in [-0.1, -0.05) is 37.3 Å². The van der Waals surface area contributed by atoms with Gasteiger partial charge in [0.15, 0.2) is 11.5 Å². The van der Waals surface area contributed by atoms with Crippen molar-refractivity contribution in [3.8, 4) is 11.5 Å². The zero-order valence-electron chi connectivity index (χ0n) is 19.4. The highest BCUT2D eigenvalue weighted by Gasteiger charge is 2.17. The van der Waals surface area contributed by atoms with Gasteiger partial charge in [-0.25, -0.2) is 10.2 Å². The molecule has 0 aliphatic rings. The molecule has 0 radical (unpaired) electrons. The first kappa shape index (κ1) is 25.6. The number of amides is 2. The van der Waals surface area contributed by atoms with Gasteiger partial charge in [0.05, 0.1) is 18.4 Å². The predicted octanol–water partition coefficient (Wildman–Crippen LogP) is 4.72. The molecule has 180 valence electrons. The molecule has 0 aliphatic heterocycles. The summed E-state index contributed by atoms with van der Waals surface area (Å²) in [5.74, 6) is -1.74. The Morgan fingerprint density at radius 2 is 1.66 bits per heavy atom. The van der Waals surface area contributed by atoms with Crippen molar-refractivity contribution in [3.05, 3.63) is 87.9 Å². The lowest BCUT2D eigenvalue weighted by Crippen LogP contribution is -2.33. The number of hydrogen-bond donors (Lipinski definition) is 2. The van der Waals surface area contributed by atoms with Crippen LogP contribution in [0.2, 0.25) is 0 Å². The summed E-state index contributed by atoms with van der Waals surface area (Å²) in [7, 11) is 1.45. The molecule has 35 heavy (non-hydrogen) atoms. The van der Waals surface area contributed by atoms with E-state index in [0.717, 1.165) is 5.56 Å². The maximum Gasteiger partial charge on any atom is 0.344 e. The average Bonchev–Trinajstić information content (AvgIpc) is 2.87. The van der Waals surface area contributed by atoms with Crippen molar-refractivity contribution in [3.63, 3.8) is 0 Å². The smallest absolute Gasteiger partial charge is 0.344 e. The summed E-state index contributed by atoms with van der Waals surface area (Å²) in [6.45, 7) is 3.62. The zero-order valence-corrected chi connectivity index (χ0v) is 21.0. The van der Waals surface area contributed by atoms with E-state index in [0.29, 0.717) is 39.2 Å². The highest BCUT2D eigenvalue weighted by Crippen LogP contribution is 2.30. The molecule has 0 bridgehead atoms. The first-order valence-electron chi connectivity index (χ1n) is 10.7. The highest BCUT2D eigenvalue weighted by atomic mass is 79.9. The molecule has 0 unspecified atom stereocenters. The Kier molecular flexibility index (Phi) is 8.74. The number of ether oxygens (including phenoxy) is 2. The van der Waals surface area contributed by atoms with Crippen LogP contribution in [0.1, 0.15) is 35.3 Å². The largest absolute Gasteiger partial charge is 0.493 e. The quantitative estimate of drug-likeness (QED) is 0.149. The second kappa shape index (κ2) is 11.9. The number of esters is 1. The number of anilines is 1. The van der Waals surface area contributed by atoms with Crippen LogP contribution in [-0.2, 0) is 16.0 Å². The maximum absolute atomic E-state index is 12.5. The highest BCUT2D eigenvalue weighted by molar-refractivity contribution is 9.10. The molecule has 8 nitrogen and oxygen atoms in total. The number of halogens is 1. The fraction of sp³-hybridized carbons (Fsp3) is 0.154. The van der Waals surface area contributed by atoms with Crippen LogP contribution in [0.4, 0.5) is 5.69 Å². The summed E-state index contributed by atoms with van der Waals surface area (Å²) in [6.07, 6.45) is 0.713. The minimum Gasteiger partial charge on any atom is -0.493 e. The van der Waals surface area contributed by atoms with Crippen molar-refractivity contribution in [1.82, 2.24) is 5.43 Å². The van der Waals surface area contributed by atoms with Gasteiger partial charge >= 0.3 is 17.8 Å². The summed E-state index contributed by atoms with van der Waals surface area (Å²) in [4.78, 5) is 37.0. The second-order valence-electron chi connectivity index (χ2n) is 7.34. The number of nitrogens with zero attached hydrogens (tertiary/aromatic N) is 1. The number of hydrogen-bond acceptors (Lipinski definition) is 6. The van der Waals surface area contributed by atoms with E-state index in [-0.39, 0.29) is 5.75 Å². The zero-order chi connectivity index (χ0) is 25.4. The Morgan fingerprint density at radius 3 is 2.37 bits per heavy atom. The van der Waals surface area contributed by atoms with Crippen molar-refractivity contribution in [2.45, 2.75) is 20.3 Å². The number of benzene rings is 3. The van der Waals surface area contributed by atoms with Crippen molar-refractivity contribution in [1.29, 1.82) is 0 Å². The van der Waals surface area contributed by atoms with E-state index in [9.17, 15) is 14.4 Å². The third-order valence-electron chi connectivity index (χ3n) is 5.06. The van der Waals surface area contributed by atoms with Gasteiger partial charge in [0, 0.05) is 15.7 Å². The van der Waals surface area contributed by atoms with Gasteiger partial charge in [0.25, 0.3) is 0 Å². The molecule has 0 aromatic heterocycles. The molecule has 3 aromatic rings. The van der Waals surface area contributed by atoms with Gasteiger partial charge in [0.2, 0.25) is 0 Å². The number of aryl methyl sites for hydroxylation is 1. The van der Waals surface area contributed by atoms with E-state index in [2.05, 4.69) is 31.8 Å². The Bertz CT molecular complexity index is 1290. The number of carbonyl (C=O) groups is 3. The van der Waals surface area contributed by atoms with Crippen molar-refractivity contribution < 1.29 is 23.9 Å². The number of carbonyl (C=O) groups excluding carboxylic acids is 3. The summed E-state index contributed by atoms with van der Waals surface area (Å²) < 4.78 is 11.5. The van der Waals surface area contributed by atoms with E-state index in [1.807, 2.05) is 19.1 Å². The lowest BCUT2D eigenvalue weighted by atomic mass is 10.1. The molecule has 0 heterocycles. The molecule has 0 saturated heterocycles. The SMILES string of the molecule is CCc1ccccc1NC(=O)C(=O)N/N=C(\C)c1ccc(OC(=O)c2ccccc2Br)c(OC)c1. The predicted molar refractivity (Wildman–Crippen MR) is 137 cm³/mol. The van der Waals surface area contributed by atoms with Crippen molar-refractivity contribution >= 4 is 45.1 Å². The molecule has 2 amide bonds. The molecule has 0 saturated carbocycles. The van der Waals surface area contributed by atoms with Crippen molar-refractivity contribution in [2.24, 2.45) is 5.10 Å². The van der Waals surface area contributed by atoms with Crippen molar-refractivity contribution in [2.75, 3.05) is 12.4 Å². The summed E-state index contributed by atoms with van der Waals surface area (Å²) in [5, 5.41) is 6.61.